The maximum absolute atomic E-state index is 13.3. The van der Waals surface area contributed by atoms with E-state index >= 15 is 0 Å². The Morgan fingerprint density at radius 3 is 2.15 bits per heavy atom. The van der Waals surface area contributed by atoms with Gasteiger partial charge in [0.15, 0.2) is 0 Å². The van der Waals surface area contributed by atoms with Gasteiger partial charge < -0.3 is 9.52 Å². The number of anilines is 1. The van der Waals surface area contributed by atoms with Gasteiger partial charge in [0.2, 0.25) is 0 Å². The molecule has 4 aromatic rings. The van der Waals surface area contributed by atoms with E-state index in [9.17, 15) is 18.3 Å². The minimum absolute atomic E-state index is 0.0157. The summed E-state index contributed by atoms with van der Waals surface area (Å²) in [4.78, 5) is 13.5. The highest BCUT2D eigenvalue weighted by molar-refractivity contribution is 7.92. The lowest BCUT2D eigenvalue weighted by atomic mass is 9.86. The number of nitrogens with one attached hydrogen (secondary N) is 1. The van der Waals surface area contributed by atoms with Gasteiger partial charge in [0.1, 0.15) is 11.5 Å². The first kappa shape index (κ1) is 25.4. The molecule has 1 unspecified atom stereocenters. The van der Waals surface area contributed by atoms with Crippen molar-refractivity contribution in [3.05, 3.63) is 124 Å². The standard InChI is InChI=1S/C32H31NO5S/c34-27-21-28(32(19-20-32)18-17-22-7-3-1-4-8-22)38-31(35)30(27)29(23-11-12-23)24-13-15-25(16-14-24)33-39(36,37)26-9-5-2-6-10-26/h1-10,13-16,21,23,29,33-34H,11-12,17-20H2. The first-order chi connectivity index (χ1) is 18.8. The Bertz CT molecular complexity index is 1620. The molecule has 7 heteroatoms. The van der Waals surface area contributed by atoms with Crippen molar-refractivity contribution >= 4 is 15.7 Å². The first-order valence-electron chi connectivity index (χ1n) is 13.4. The fourth-order valence-corrected chi connectivity index (χ4v) is 6.59. The van der Waals surface area contributed by atoms with Gasteiger partial charge in [0, 0.05) is 23.1 Å². The molecule has 2 aliphatic carbocycles. The second-order valence-corrected chi connectivity index (χ2v) is 12.5. The van der Waals surface area contributed by atoms with Gasteiger partial charge in [-0.25, -0.2) is 13.2 Å². The molecular weight excluding hydrogens is 510 g/mol. The Kier molecular flexibility index (Phi) is 6.55. The normalized spacial score (nSPS) is 16.9. The molecule has 0 spiro atoms. The molecule has 6 rings (SSSR count). The van der Waals surface area contributed by atoms with Gasteiger partial charge in [0.25, 0.3) is 10.0 Å². The highest BCUT2D eigenvalue weighted by Crippen LogP contribution is 2.53. The summed E-state index contributed by atoms with van der Waals surface area (Å²) < 4.78 is 33.9. The molecule has 1 atom stereocenters. The average Bonchev–Trinajstić information content (AvgIpc) is 3.87. The van der Waals surface area contributed by atoms with Gasteiger partial charge in [-0.1, -0.05) is 60.7 Å². The third-order valence-electron chi connectivity index (χ3n) is 8.06. The smallest absolute Gasteiger partial charge is 0.343 e. The topological polar surface area (TPSA) is 96.6 Å². The summed E-state index contributed by atoms with van der Waals surface area (Å²) in [7, 11) is -3.71. The Morgan fingerprint density at radius 1 is 0.923 bits per heavy atom. The maximum Gasteiger partial charge on any atom is 0.343 e. The number of aryl methyl sites for hydroxylation is 1. The predicted octanol–water partition coefficient (Wildman–Crippen LogP) is 6.35. The molecule has 2 aliphatic rings. The molecule has 0 saturated heterocycles. The summed E-state index contributed by atoms with van der Waals surface area (Å²) in [5.74, 6) is 0.474. The van der Waals surface area contributed by atoms with Crippen LogP contribution < -0.4 is 10.3 Å². The molecule has 1 heterocycles. The van der Waals surface area contributed by atoms with Crippen LogP contribution in [0.1, 0.15) is 60.5 Å². The lowest BCUT2D eigenvalue weighted by molar-refractivity contribution is 0.369. The van der Waals surface area contributed by atoms with Crippen LogP contribution in [0.5, 0.6) is 5.75 Å². The molecule has 2 N–H and O–H groups in total. The maximum atomic E-state index is 13.3. The molecule has 0 radical (unpaired) electrons. The Hall–Kier alpha value is -3.84. The largest absolute Gasteiger partial charge is 0.507 e. The number of sulfonamides is 1. The van der Waals surface area contributed by atoms with E-state index in [1.165, 1.54) is 5.56 Å². The number of aromatic hydroxyl groups is 1. The van der Waals surface area contributed by atoms with Crippen molar-refractivity contribution in [2.75, 3.05) is 4.72 Å². The minimum atomic E-state index is -3.71. The van der Waals surface area contributed by atoms with Crippen LogP contribution in [0, 0.1) is 5.92 Å². The van der Waals surface area contributed by atoms with Crippen LogP contribution in [0.2, 0.25) is 0 Å². The highest BCUT2D eigenvalue weighted by atomic mass is 32.2. The number of hydrogen-bond donors (Lipinski definition) is 2. The van der Waals surface area contributed by atoms with E-state index in [0.29, 0.717) is 11.4 Å². The molecule has 39 heavy (non-hydrogen) atoms. The highest BCUT2D eigenvalue weighted by Gasteiger charge is 2.47. The number of hydrogen-bond acceptors (Lipinski definition) is 5. The van der Waals surface area contributed by atoms with E-state index in [1.807, 2.05) is 30.3 Å². The second kappa shape index (κ2) is 10.0. The Labute approximate surface area is 228 Å². The van der Waals surface area contributed by atoms with Crippen LogP contribution in [0.4, 0.5) is 5.69 Å². The van der Waals surface area contributed by atoms with Crippen molar-refractivity contribution in [1.29, 1.82) is 0 Å². The lowest BCUT2D eigenvalue weighted by Crippen LogP contribution is -2.19. The van der Waals surface area contributed by atoms with Crippen LogP contribution in [-0.4, -0.2) is 13.5 Å². The summed E-state index contributed by atoms with van der Waals surface area (Å²) in [5.41, 5.74) is 2.13. The van der Waals surface area contributed by atoms with E-state index in [0.717, 1.165) is 44.1 Å². The summed E-state index contributed by atoms with van der Waals surface area (Å²) in [5, 5.41) is 11.1. The molecule has 6 nitrogen and oxygen atoms in total. The lowest BCUT2D eigenvalue weighted by Gasteiger charge is -2.20. The molecule has 3 aromatic carbocycles. The summed E-state index contributed by atoms with van der Waals surface area (Å²) in [6, 6.07) is 27.1. The van der Waals surface area contributed by atoms with Gasteiger partial charge >= 0.3 is 5.63 Å². The summed E-state index contributed by atoms with van der Waals surface area (Å²) in [6.45, 7) is 0. The van der Waals surface area contributed by atoms with Gasteiger partial charge in [-0.2, -0.15) is 0 Å². The van der Waals surface area contributed by atoms with Gasteiger partial charge in [-0.15, -0.1) is 0 Å². The zero-order chi connectivity index (χ0) is 27.0. The third-order valence-corrected chi connectivity index (χ3v) is 9.45. The molecular formula is C32H31NO5S. The fourth-order valence-electron chi connectivity index (χ4n) is 5.51. The van der Waals surface area contributed by atoms with Crippen LogP contribution in [0.3, 0.4) is 0 Å². The van der Waals surface area contributed by atoms with Gasteiger partial charge in [0.05, 0.1) is 10.5 Å². The minimum Gasteiger partial charge on any atom is -0.507 e. The van der Waals surface area contributed by atoms with Crippen LogP contribution in [0.15, 0.2) is 105 Å². The summed E-state index contributed by atoms with van der Waals surface area (Å²) >= 11 is 0. The van der Waals surface area contributed by atoms with Crippen LogP contribution in [-0.2, 0) is 21.9 Å². The molecule has 0 bridgehead atoms. The molecule has 2 saturated carbocycles. The fraction of sp³-hybridized carbons (Fsp3) is 0.281. The zero-order valence-electron chi connectivity index (χ0n) is 21.5. The molecule has 1 aromatic heterocycles. The number of rotatable bonds is 10. The SMILES string of the molecule is O=c1oc(C2(CCc3ccccc3)CC2)cc(O)c1C(c1ccc(NS(=O)(=O)c2ccccc2)cc1)C1CC1. The zero-order valence-corrected chi connectivity index (χ0v) is 22.4. The van der Waals surface area contributed by atoms with Crippen molar-refractivity contribution in [2.45, 2.75) is 54.8 Å². The monoisotopic (exact) mass is 541 g/mol. The van der Waals surface area contributed by atoms with Crippen molar-refractivity contribution < 1.29 is 17.9 Å². The second-order valence-electron chi connectivity index (χ2n) is 10.8. The van der Waals surface area contributed by atoms with E-state index in [4.69, 9.17) is 4.42 Å². The van der Waals surface area contributed by atoms with Crippen molar-refractivity contribution in [3.8, 4) is 5.75 Å². The Balaban J connectivity index is 1.24. The summed E-state index contributed by atoms with van der Waals surface area (Å²) in [6.07, 6.45) is 5.54. The van der Waals surface area contributed by atoms with Gasteiger partial charge in [-0.3, -0.25) is 4.72 Å². The quantitative estimate of drug-likeness (QED) is 0.244. The predicted molar refractivity (Wildman–Crippen MR) is 151 cm³/mol. The van der Waals surface area contributed by atoms with Crippen molar-refractivity contribution in [3.63, 3.8) is 0 Å². The van der Waals surface area contributed by atoms with Gasteiger partial charge in [-0.05, 0) is 79.8 Å². The molecule has 2 fully saturated rings. The van der Waals surface area contributed by atoms with E-state index in [2.05, 4.69) is 16.9 Å². The van der Waals surface area contributed by atoms with Crippen molar-refractivity contribution in [2.24, 2.45) is 5.92 Å². The number of benzene rings is 3. The first-order valence-corrected chi connectivity index (χ1v) is 14.9. The molecule has 0 amide bonds. The van der Waals surface area contributed by atoms with E-state index in [-0.39, 0.29) is 33.5 Å². The van der Waals surface area contributed by atoms with Crippen LogP contribution >= 0.6 is 0 Å². The van der Waals surface area contributed by atoms with E-state index < -0.39 is 15.6 Å². The average molecular weight is 542 g/mol. The van der Waals surface area contributed by atoms with E-state index in [1.54, 1.807) is 48.5 Å². The Morgan fingerprint density at radius 2 is 1.56 bits per heavy atom. The molecule has 0 aliphatic heterocycles. The van der Waals surface area contributed by atoms with Crippen molar-refractivity contribution in [1.82, 2.24) is 0 Å². The third kappa shape index (κ3) is 5.36. The van der Waals surface area contributed by atoms with Crippen LogP contribution in [0.25, 0.3) is 0 Å². The molecule has 200 valence electrons.